The van der Waals surface area contributed by atoms with Gasteiger partial charge in [-0.05, 0) is 33.0 Å². The van der Waals surface area contributed by atoms with Crippen LogP contribution >= 0.6 is 0 Å². The highest BCUT2D eigenvalue weighted by molar-refractivity contribution is 5.16. The summed E-state index contributed by atoms with van der Waals surface area (Å²) in [5.41, 5.74) is 1.26. The molecule has 0 radical (unpaired) electrons. The zero-order valence-corrected chi connectivity index (χ0v) is 11.9. The normalized spacial score (nSPS) is 11.3. The number of ether oxygens (including phenoxy) is 1. The average Bonchev–Trinajstić information content (AvgIpc) is 2.77. The Bertz CT molecular complexity index is 312. The minimum atomic E-state index is 0.775. The van der Waals surface area contributed by atoms with Gasteiger partial charge in [-0.1, -0.05) is 6.92 Å². The van der Waals surface area contributed by atoms with Crippen molar-refractivity contribution in [3.05, 3.63) is 23.7 Å². The summed E-state index contributed by atoms with van der Waals surface area (Å²) in [7, 11) is 2.09. The summed E-state index contributed by atoms with van der Waals surface area (Å²) < 4.78 is 10.9. The first-order valence-electron chi connectivity index (χ1n) is 6.80. The lowest BCUT2D eigenvalue weighted by atomic mass is 10.2. The van der Waals surface area contributed by atoms with Gasteiger partial charge >= 0.3 is 0 Å². The first-order valence-corrected chi connectivity index (χ1v) is 6.80. The van der Waals surface area contributed by atoms with Gasteiger partial charge in [0.2, 0.25) is 0 Å². The van der Waals surface area contributed by atoms with Crippen molar-refractivity contribution in [2.45, 2.75) is 33.4 Å². The predicted molar refractivity (Wildman–Crippen MR) is 73.5 cm³/mol. The zero-order valence-electron chi connectivity index (χ0n) is 11.9. The van der Waals surface area contributed by atoms with Gasteiger partial charge in [-0.25, -0.2) is 0 Å². The molecule has 0 fully saturated rings. The summed E-state index contributed by atoms with van der Waals surface area (Å²) >= 11 is 0. The summed E-state index contributed by atoms with van der Waals surface area (Å²) in [6, 6.07) is 2.05. The smallest absolute Gasteiger partial charge is 0.122 e. The van der Waals surface area contributed by atoms with E-state index in [0.717, 1.165) is 51.6 Å². The number of furan rings is 1. The van der Waals surface area contributed by atoms with E-state index in [9.17, 15) is 0 Å². The standard InChI is InChI=1S/C14H26N2O2/c1-4-7-15-11-13-6-9-18-14(13)12-16(3)8-10-17-5-2/h6,9,15H,4-5,7-8,10-12H2,1-3H3. The third kappa shape index (κ3) is 5.67. The molecule has 1 rings (SSSR count). The highest BCUT2D eigenvalue weighted by Gasteiger charge is 2.08. The molecule has 0 atom stereocenters. The second-order valence-corrected chi connectivity index (χ2v) is 4.48. The summed E-state index contributed by atoms with van der Waals surface area (Å²) in [4.78, 5) is 2.22. The molecule has 0 spiro atoms. The minimum absolute atomic E-state index is 0.775. The molecule has 1 aromatic rings. The molecule has 0 unspecified atom stereocenters. The van der Waals surface area contributed by atoms with Crippen LogP contribution in [0.25, 0.3) is 0 Å². The quantitative estimate of drug-likeness (QED) is 0.650. The van der Waals surface area contributed by atoms with Crippen molar-refractivity contribution in [2.75, 3.05) is 33.4 Å². The van der Waals surface area contributed by atoms with Crippen LogP contribution in [0.5, 0.6) is 0 Å². The number of nitrogens with zero attached hydrogens (tertiary/aromatic N) is 1. The molecule has 1 N–H and O–H groups in total. The van der Waals surface area contributed by atoms with Crippen LogP contribution in [-0.2, 0) is 17.8 Å². The van der Waals surface area contributed by atoms with E-state index >= 15 is 0 Å². The molecule has 0 aliphatic rings. The maximum atomic E-state index is 5.55. The Hall–Kier alpha value is -0.840. The highest BCUT2D eigenvalue weighted by Crippen LogP contribution is 2.12. The molecule has 4 heteroatoms. The fraction of sp³-hybridized carbons (Fsp3) is 0.714. The van der Waals surface area contributed by atoms with Gasteiger partial charge in [-0.15, -0.1) is 0 Å². The van der Waals surface area contributed by atoms with Crippen molar-refractivity contribution in [3.63, 3.8) is 0 Å². The maximum Gasteiger partial charge on any atom is 0.122 e. The van der Waals surface area contributed by atoms with Crippen LogP contribution in [0.3, 0.4) is 0 Å². The Labute approximate surface area is 110 Å². The van der Waals surface area contributed by atoms with E-state index in [4.69, 9.17) is 9.15 Å². The van der Waals surface area contributed by atoms with Crippen molar-refractivity contribution in [1.82, 2.24) is 10.2 Å². The fourth-order valence-corrected chi connectivity index (χ4v) is 1.75. The molecule has 0 bridgehead atoms. The molecule has 18 heavy (non-hydrogen) atoms. The number of nitrogens with one attached hydrogen (secondary N) is 1. The van der Waals surface area contributed by atoms with Crippen molar-refractivity contribution in [2.24, 2.45) is 0 Å². The molecule has 0 aromatic carbocycles. The molecular formula is C14H26N2O2. The number of rotatable bonds is 10. The van der Waals surface area contributed by atoms with E-state index in [1.807, 2.05) is 13.0 Å². The highest BCUT2D eigenvalue weighted by atomic mass is 16.5. The number of hydrogen-bond donors (Lipinski definition) is 1. The molecule has 4 nitrogen and oxygen atoms in total. The predicted octanol–water partition coefficient (Wildman–Crippen LogP) is 2.25. The molecule has 0 saturated carbocycles. The van der Waals surface area contributed by atoms with Gasteiger partial charge in [0, 0.05) is 25.3 Å². The fourth-order valence-electron chi connectivity index (χ4n) is 1.75. The molecular weight excluding hydrogens is 228 g/mol. The summed E-state index contributed by atoms with van der Waals surface area (Å²) in [6.45, 7) is 9.44. The lowest BCUT2D eigenvalue weighted by Gasteiger charge is -2.15. The molecule has 0 saturated heterocycles. The van der Waals surface area contributed by atoms with E-state index in [1.54, 1.807) is 6.26 Å². The van der Waals surface area contributed by atoms with Gasteiger partial charge in [0.15, 0.2) is 0 Å². The monoisotopic (exact) mass is 254 g/mol. The molecule has 0 amide bonds. The lowest BCUT2D eigenvalue weighted by Crippen LogP contribution is -2.23. The van der Waals surface area contributed by atoms with E-state index in [0.29, 0.717) is 0 Å². The van der Waals surface area contributed by atoms with Gasteiger partial charge in [0.05, 0.1) is 19.4 Å². The molecule has 104 valence electrons. The Kier molecular flexibility index (Phi) is 7.73. The van der Waals surface area contributed by atoms with Crippen molar-refractivity contribution in [1.29, 1.82) is 0 Å². The van der Waals surface area contributed by atoms with Crippen molar-refractivity contribution in [3.8, 4) is 0 Å². The lowest BCUT2D eigenvalue weighted by molar-refractivity contribution is 0.118. The van der Waals surface area contributed by atoms with Crippen molar-refractivity contribution >= 4 is 0 Å². The van der Waals surface area contributed by atoms with Crippen LogP contribution < -0.4 is 5.32 Å². The maximum absolute atomic E-state index is 5.55. The van der Waals surface area contributed by atoms with E-state index in [-0.39, 0.29) is 0 Å². The largest absolute Gasteiger partial charge is 0.468 e. The topological polar surface area (TPSA) is 37.6 Å². The first kappa shape index (κ1) is 15.2. The van der Waals surface area contributed by atoms with Crippen LogP contribution in [0, 0.1) is 0 Å². The Morgan fingerprint density at radius 2 is 2.22 bits per heavy atom. The van der Waals surface area contributed by atoms with Crippen LogP contribution in [-0.4, -0.2) is 38.3 Å². The van der Waals surface area contributed by atoms with E-state index in [2.05, 4.69) is 24.2 Å². The first-order chi connectivity index (χ1) is 8.77. The van der Waals surface area contributed by atoms with Gasteiger partial charge in [-0.2, -0.15) is 0 Å². The van der Waals surface area contributed by atoms with Crippen LogP contribution in [0.15, 0.2) is 16.7 Å². The Balaban J connectivity index is 2.34. The molecule has 0 aliphatic carbocycles. The van der Waals surface area contributed by atoms with Crippen LogP contribution in [0.1, 0.15) is 31.6 Å². The number of hydrogen-bond acceptors (Lipinski definition) is 4. The Morgan fingerprint density at radius 1 is 1.39 bits per heavy atom. The van der Waals surface area contributed by atoms with Crippen molar-refractivity contribution < 1.29 is 9.15 Å². The number of likely N-dealkylation sites (N-methyl/N-ethyl adjacent to an activating group) is 1. The van der Waals surface area contributed by atoms with E-state index in [1.165, 1.54) is 5.56 Å². The third-order valence-corrected chi connectivity index (χ3v) is 2.81. The van der Waals surface area contributed by atoms with Crippen LogP contribution in [0.2, 0.25) is 0 Å². The van der Waals surface area contributed by atoms with Gasteiger partial charge in [0.1, 0.15) is 5.76 Å². The summed E-state index contributed by atoms with van der Waals surface area (Å²) in [6.07, 6.45) is 2.93. The molecule has 1 heterocycles. The molecule has 0 aliphatic heterocycles. The van der Waals surface area contributed by atoms with Gasteiger partial charge in [0.25, 0.3) is 0 Å². The van der Waals surface area contributed by atoms with Gasteiger partial charge in [-0.3, -0.25) is 4.90 Å². The average molecular weight is 254 g/mol. The van der Waals surface area contributed by atoms with E-state index < -0.39 is 0 Å². The second kappa shape index (κ2) is 9.14. The molecule has 1 aromatic heterocycles. The summed E-state index contributed by atoms with van der Waals surface area (Å²) in [5.74, 6) is 1.05. The van der Waals surface area contributed by atoms with Gasteiger partial charge < -0.3 is 14.5 Å². The zero-order chi connectivity index (χ0) is 13.2. The second-order valence-electron chi connectivity index (χ2n) is 4.48. The third-order valence-electron chi connectivity index (χ3n) is 2.81. The SMILES string of the molecule is CCCNCc1ccoc1CN(C)CCOCC. The van der Waals surface area contributed by atoms with Crippen LogP contribution in [0.4, 0.5) is 0 Å². The summed E-state index contributed by atoms with van der Waals surface area (Å²) in [5, 5.41) is 3.40. The Morgan fingerprint density at radius 3 is 2.94 bits per heavy atom. The minimum Gasteiger partial charge on any atom is -0.468 e.